The maximum atomic E-state index is 11.1. The topological polar surface area (TPSA) is 97.2 Å². The number of piperazine rings is 1. The summed E-state index contributed by atoms with van der Waals surface area (Å²) in [5, 5.41) is 0.742. The first-order valence-electron chi connectivity index (χ1n) is 8.53. The molecule has 0 bridgehead atoms. The van der Waals surface area contributed by atoms with Crippen LogP contribution in [0.4, 0.5) is 5.69 Å². The molecule has 0 spiro atoms. The van der Waals surface area contributed by atoms with Crippen LogP contribution in [0.5, 0.6) is 0 Å². The number of benzene rings is 1. The maximum absolute atomic E-state index is 11.1. The van der Waals surface area contributed by atoms with E-state index in [1.807, 2.05) is 24.3 Å². The highest BCUT2D eigenvalue weighted by atomic mass is 127. The van der Waals surface area contributed by atoms with Crippen molar-refractivity contribution >= 4 is 53.1 Å². The van der Waals surface area contributed by atoms with Crippen molar-refractivity contribution < 1.29 is 9.53 Å². The van der Waals surface area contributed by atoms with E-state index in [0.29, 0.717) is 18.9 Å². The van der Waals surface area contributed by atoms with E-state index in [0.717, 1.165) is 43.3 Å². The summed E-state index contributed by atoms with van der Waals surface area (Å²) < 4.78 is 5.57. The third-order valence-corrected chi connectivity index (χ3v) is 4.93. The van der Waals surface area contributed by atoms with E-state index in [1.165, 1.54) is 0 Å². The van der Waals surface area contributed by atoms with Crippen LogP contribution >= 0.6 is 35.6 Å². The van der Waals surface area contributed by atoms with Gasteiger partial charge in [0.2, 0.25) is 5.91 Å². The molecular formula is C17H25ClIN5O2. The van der Waals surface area contributed by atoms with Gasteiger partial charge < -0.3 is 26.0 Å². The monoisotopic (exact) mass is 493 g/mol. The first-order valence-corrected chi connectivity index (χ1v) is 8.91. The Morgan fingerprint density at radius 1 is 1.15 bits per heavy atom. The second-order valence-corrected chi connectivity index (χ2v) is 6.81. The minimum atomic E-state index is -0.482. The Kier molecular flexibility index (Phi) is 7.78. The highest BCUT2D eigenvalue weighted by molar-refractivity contribution is 14.0. The van der Waals surface area contributed by atoms with Gasteiger partial charge in [0.1, 0.15) is 6.10 Å². The molecule has 2 saturated heterocycles. The number of carbonyl (C=O) groups excluding carboxylic acids is 1. The van der Waals surface area contributed by atoms with Crippen LogP contribution in [0.3, 0.4) is 0 Å². The number of anilines is 1. The predicted octanol–water partition coefficient (Wildman–Crippen LogP) is 1.43. The zero-order valence-corrected chi connectivity index (χ0v) is 17.6. The van der Waals surface area contributed by atoms with Gasteiger partial charge in [-0.15, -0.1) is 24.0 Å². The molecule has 1 aromatic rings. The van der Waals surface area contributed by atoms with Crippen LogP contribution < -0.4 is 16.4 Å². The second kappa shape index (κ2) is 9.61. The number of guanidine groups is 1. The number of amides is 1. The van der Waals surface area contributed by atoms with Gasteiger partial charge in [0.25, 0.3) is 0 Å². The molecule has 0 aromatic heterocycles. The van der Waals surface area contributed by atoms with Gasteiger partial charge in [-0.25, -0.2) is 0 Å². The van der Waals surface area contributed by atoms with E-state index in [9.17, 15) is 4.79 Å². The van der Waals surface area contributed by atoms with Gasteiger partial charge in [-0.2, -0.15) is 0 Å². The SMILES string of the molecule is I.NC(=O)C1CCC(CN=C(N)N2CCN(c3ccc(Cl)cc3)CC2)O1. The molecule has 26 heavy (non-hydrogen) atoms. The fraction of sp³-hybridized carbons (Fsp3) is 0.529. The van der Waals surface area contributed by atoms with Gasteiger partial charge in [0.15, 0.2) is 5.96 Å². The third kappa shape index (κ3) is 5.37. The maximum Gasteiger partial charge on any atom is 0.246 e. The average molecular weight is 494 g/mol. The Balaban J connectivity index is 0.00000243. The van der Waals surface area contributed by atoms with Gasteiger partial charge in [-0.05, 0) is 37.1 Å². The van der Waals surface area contributed by atoms with Crippen LogP contribution in [0.1, 0.15) is 12.8 Å². The molecule has 0 saturated carbocycles. The number of nitrogens with zero attached hydrogens (tertiary/aromatic N) is 3. The first-order chi connectivity index (χ1) is 12.0. The molecule has 0 aliphatic carbocycles. The van der Waals surface area contributed by atoms with E-state index in [1.54, 1.807) is 0 Å². The number of primary amides is 1. The van der Waals surface area contributed by atoms with E-state index in [-0.39, 0.29) is 30.1 Å². The lowest BCUT2D eigenvalue weighted by molar-refractivity contribution is -0.128. The number of halogens is 2. The summed E-state index contributed by atoms with van der Waals surface area (Å²) in [6, 6.07) is 7.87. The molecule has 2 unspecified atom stereocenters. The van der Waals surface area contributed by atoms with Gasteiger partial charge >= 0.3 is 0 Å². The molecule has 2 aliphatic heterocycles. The molecular weight excluding hydrogens is 469 g/mol. The number of hydrogen-bond donors (Lipinski definition) is 2. The van der Waals surface area contributed by atoms with Gasteiger partial charge in [-0.1, -0.05) is 11.6 Å². The molecule has 7 nitrogen and oxygen atoms in total. The highest BCUT2D eigenvalue weighted by Gasteiger charge is 2.29. The highest BCUT2D eigenvalue weighted by Crippen LogP contribution is 2.21. The zero-order chi connectivity index (χ0) is 17.8. The van der Waals surface area contributed by atoms with Crippen molar-refractivity contribution in [2.24, 2.45) is 16.5 Å². The molecule has 2 heterocycles. The third-order valence-electron chi connectivity index (χ3n) is 4.68. The Hall–Kier alpha value is -1.26. The number of nitrogens with two attached hydrogens (primary N) is 2. The fourth-order valence-corrected chi connectivity index (χ4v) is 3.32. The lowest BCUT2D eigenvalue weighted by atomic mass is 10.2. The van der Waals surface area contributed by atoms with Crippen LogP contribution in [0.25, 0.3) is 0 Å². The summed E-state index contributed by atoms with van der Waals surface area (Å²) in [5.74, 6) is 0.125. The Bertz CT molecular complexity index is 635. The van der Waals surface area contributed by atoms with Crippen molar-refractivity contribution in [3.05, 3.63) is 29.3 Å². The van der Waals surface area contributed by atoms with Gasteiger partial charge in [-0.3, -0.25) is 9.79 Å². The quantitative estimate of drug-likeness (QED) is 0.376. The summed E-state index contributed by atoms with van der Waals surface area (Å²) >= 11 is 5.94. The Morgan fingerprint density at radius 3 is 2.38 bits per heavy atom. The van der Waals surface area contributed by atoms with Crippen molar-refractivity contribution in [2.75, 3.05) is 37.6 Å². The van der Waals surface area contributed by atoms with Crippen molar-refractivity contribution in [3.63, 3.8) is 0 Å². The number of rotatable bonds is 4. The summed E-state index contributed by atoms with van der Waals surface area (Å²) in [5.41, 5.74) is 12.5. The molecule has 2 aliphatic rings. The predicted molar refractivity (Wildman–Crippen MR) is 114 cm³/mol. The molecule has 3 rings (SSSR count). The molecule has 0 radical (unpaired) electrons. The molecule has 1 amide bonds. The standard InChI is InChI=1S/C17H24ClN5O2.HI/c18-12-1-3-13(4-2-12)22-7-9-23(10-8-22)17(20)21-11-14-5-6-15(25-14)16(19)24;/h1-4,14-15H,5-11H2,(H2,19,24)(H2,20,21);1H. The lowest BCUT2D eigenvalue weighted by Gasteiger charge is -2.36. The summed E-state index contributed by atoms with van der Waals surface area (Å²) in [6.07, 6.45) is 0.889. The molecule has 2 fully saturated rings. The van der Waals surface area contributed by atoms with Crippen molar-refractivity contribution in [1.29, 1.82) is 0 Å². The van der Waals surface area contributed by atoms with Crippen molar-refractivity contribution in [1.82, 2.24) is 4.90 Å². The minimum absolute atomic E-state index is 0. The summed E-state index contributed by atoms with van der Waals surface area (Å²) in [4.78, 5) is 19.9. The van der Waals surface area contributed by atoms with Gasteiger partial charge in [0.05, 0.1) is 12.6 Å². The number of ether oxygens (including phenoxy) is 1. The largest absolute Gasteiger partial charge is 0.370 e. The van der Waals surface area contributed by atoms with Crippen LogP contribution in [0.15, 0.2) is 29.3 Å². The van der Waals surface area contributed by atoms with Crippen molar-refractivity contribution in [3.8, 4) is 0 Å². The minimum Gasteiger partial charge on any atom is -0.370 e. The molecule has 2 atom stereocenters. The first kappa shape index (κ1) is 21.0. The van der Waals surface area contributed by atoms with Crippen LogP contribution in [-0.2, 0) is 9.53 Å². The molecule has 144 valence electrons. The van der Waals surface area contributed by atoms with Crippen molar-refractivity contribution in [2.45, 2.75) is 25.0 Å². The lowest BCUT2D eigenvalue weighted by Crippen LogP contribution is -2.51. The van der Waals surface area contributed by atoms with Crippen LogP contribution in [-0.4, -0.2) is 61.7 Å². The molecule has 4 N–H and O–H groups in total. The molecule has 1 aromatic carbocycles. The van der Waals surface area contributed by atoms with Crippen LogP contribution in [0.2, 0.25) is 5.02 Å². The normalized spacial score (nSPS) is 23.7. The average Bonchev–Trinajstić information content (AvgIpc) is 3.10. The fourth-order valence-electron chi connectivity index (χ4n) is 3.19. The number of aliphatic imine (C=N–C) groups is 1. The Labute approximate surface area is 175 Å². The molecule has 9 heteroatoms. The summed E-state index contributed by atoms with van der Waals surface area (Å²) in [6.45, 7) is 3.84. The zero-order valence-electron chi connectivity index (χ0n) is 14.5. The van der Waals surface area contributed by atoms with Crippen LogP contribution in [0, 0.1) is 0 Å². The number of carbonyl (C=O) groups is 1. The van der Waals surface area contributed by atoms with E-state index >= 15 is 0 Å². The smallest absolute Gasteiger partial charge is 0.246 e. The van der Waals surface area contributed by atoms with E-state index < -0.39 is 12.0 Å². The number of hydrogen-bond acceptors (Lipinski definition) is 4. The van der Waals surface area contributed by atoms with E-state index in [2.05, 4.69) is 14.8 Å². The summed E-state index contributed by atoms with van der Waals surface area (Å²) in [7, 11) is 0. The Morgan fingerprint density at radius 2 is 1.81 bits per heavy atom. The van der Waals surface area contributed by atoms with Gasteiger partial charge in [0, 0.05) is 36.9 Å². The second-order valence-electron chi connectivity index (χ2n) is 6.38. The van der Waals surface area contributed by atoms with E-state index in [4.69, 9.17) is 27.8 Å².